The smallest absolute Gasteiger partial charge is 0.128 e. The van der Waals surface area contributed by atoms with Crippen LogP contribution in [0.5, 0.6) is 0 Å². The fraction of sp³-hybridized carbons (Fsp3) is 0.294. The van der Waals surface area contributed by atoms with Crippen LogP contribution in [0.25, 0.3) is 10.9 Å². The van der Waals surface area contributed by atoms with E-state index < -0.39 is 0 Å². The van der Waals surface area contributed by atoms with Gasteiger partial charge in [0.15, 0.2) is 0 Å². The first-order valence-corrected chi connectivity index (χ1v) is 7.38. The Hall–Kier alpha value is -2.36. The lowest BCUT2D eigenvalue weighted by atomic mass is 10.1. The van der Waals surface area contributed by atoms with Gasteiger partial charge in [-0.25, -0.2) is 4.98 Å². The highest BCUT2D eigenvalue weighted by Gasteiger charge is 2.06. The maximum atomic E-state index is 4.47. The number of hydrogen-bond acceptors (Lipinski definition) is 3. The molecule has 0 aliphatic heterocycles. The quantitative estimate of drug-likeness (QED) is 0.773. The molecule has 2 aromatic heterocycles. The van der Waals surface area contributed by atoms with Crippen molar-refractivity contribution >= 4 is 16.6 Å². The van der Waals surface area contributed by atoms with Crippen LogP contribution >= 0.6 is 0 Å². The van der Waals surface area contributed by atoms with Crippen LogP contribution in [0.2, 0.25) is 0 Å². The Morgan fingerprint density at radius 3 is 2.90 bits per heavy atom. The second kappa shape index (κ2) is 5.95. The highest BCUT2D eigenvalue weighted by Crippen LogP contribution is 2.24. The van der Waals surface area contributed by atoms with Gasteiger partial charge in [0, 0.05) is 36.2 Å². The molecule has 0 atom stereocenters. The first kappa shape index (κ1) is 13.6. The van der Waals surface area contributed by atoms with Crippen LogP contribution in [0.1, 0.15) is 24.7 Å². The lowest BCUT2D eigenvalue weighted by Crippen LogP contribution is -2.08. The average Bonchev–Trinajstić information content (AvgIpc) is 2.95. The summed E-state index contributed by atoms with van der Waals surface area (Å²) in [6.07, 6.45) is 6.85. The number of aryl methyl sites for hydroxylation is 2. The van der Waals surface area contributed by atoms with Gasteiger partial charge in [0.25, 0.3) is 0 Å². The number of nitrogens with zero attached hydrogens (tertiary/aromatic N) is 3. The topological polar surface area (TPSA) is 42.7 Å². The van der Waals surface area contributed by atoms with Crippen LogP contribution in [0.4, 0.5) is 5.69 Å². The van der Waals surface area contributed by atoms with Gasteiger partial charge in [-0.2, -0.15) is 0 Å². The van der Waals surface area contributed by atoms with E-state index in [1.807, 2.05) is 24.7 Å². The van der Waals surface area contributed by atoms with E-state index in [4.69, 9.17) is 0 Å². The monoisotopic (exact) mass is 280 g/mol. The van der Waals surface area contributed by atoms with Crippen molar-refractivity contribution in [1.29, 1.82) is 0 Å². The molecule has 0 radical (unpaired) electrons. The number of hydrogen-bond donors (Lipinski definition) is 1. The molecular formula is C17H20N4. The first-order chi connectivity index (χ1) is 10.3. The van der Waals surface area contributed by atoms with Gasteiger partial charge >= 0.3 is 0 Å². The van der Waals surface area contributed by atoms with Crippen LogP contribution in [-0.4, -0.2) is 14.5 Å². The van der Waals surface area contributed by atoms with Crippen molar-refractivity contribution in [2.45, 2.75) is 33.4 Å². The molecule has 0 amide bonds. The number of anilines is 1. The molecule has 4 heteroatoms. The Labute approximate surface area is 124 Å². The zero-order valence-corrected chi connectivity index (χ0v) is 12.5. The molecule has 0 spiro atoms. The zero-order chi connectivity index (χ0) is 14.7. The highest BCUT2D eigenvalue weighted by atomic mass is 15.1. The lowest BCUT2D eigenvalue weighted by molar-refractivity contribution is 0.644. The number of imidazole rings is 1. The second-order valence-electron chi connectivity index (χ2n) is 5.22. The first-order valence-electron chi connectivity index (χ1n) is 7.38. The van der Waals surface area contributed by atoms with Crippen LogP contribution in [0, 0.1) is 6.92 Å². The van der Waals surface area contributed by atoms with Gasteiger partial charge in [-0.1, -0.05) is 13.0 Å². The Morgan fingerprint density at radius 1 is 1.14 bits per heavy atom. The summed E-state index contributed by atoms with van der Waals surface area (Å²) < 4.78 is 2.20. The number of fused-ring (bicyclic) bond motifs is 1. The Morgan fingerprint density at radius 2 is 2.05 bits per heavy atom. The molecule has 1 aromatic carbocycles. The standard InChI is InChI=1S/C17H20N4/c1-3-10-21-11-9-18-16(21)12-20-15-7-6-13(2)17-14(15)5-4-8-19-17/h4-9,11,20H,3,10,12H2,1-2H3. The molecule has 3 rings (SSSR count). The Bertz CT molecular complexity index is 745. The Kier molecular flexibility index (Phi) is 3.86. The van der Waals surface area contributed by atoms with E-state index in [1.54, 1.807) is 0 Å². The van der Waals surface area contributed by atoms with Gasteiger partial charge in [-0.3, -0.25) is 4.98 Å². The molecule has 0 fully saturated rings. The maximum Gasteiger partial charge on any atom is 0.128 e. The molecule has 0 saturated carbocycles. The minimum atomic E-state index is 0.722. The fourth-order valence-electron chi connectivity index (χ4n) is 2.59. The van der Waals surface area contributed by atoms with Crippen molar-refractivity contribution in [3.63, 3.8) is 0 Å². The van der Waals surface area contributed by atoms with Gasteiger partial charge in [0.1, 0.15) is 5.82 Å². The normalized spacial score (nSPS) is 11.0. The molecule has 2 heterocycles. The number of pyridine rings is 1. The molecule has 4 nitrogen and oxygen atoms in total. The molecule has 0 unspecified atom stereocenters. The molecule has 108 valence electrons. The number of benzene rings is 1. The van der Waals surface area contributed by atoms with Crippen LogP contribution < -0.4 is 5.32 Å². The lowest BCUT2D eigenvalue weighted by Gasteiger charge is -2.12. The van der Waals surface area contributed by atoms with Gasteiger partial charge in [0.2, 0.25) is 0 Å². The summed E-state index contributed by atoms with van der Waals surface area (Å²) in [7, 11) is 0. The summed E-state index contributed by atoms with van der Waals surface area (Å²) in [6.45, 7) is 6.00. The number of aromatic nitrogens is 3. The van der Waals surface area contributed by atoms with Crippen LogP contribution in [-0.2, 0) is 13.1 Å². The summed E-state index contributed by atoms with van der Waals surface area (Å²) in [6, 6.07) is 8.31. The van der Waals surface area contributed by atoms with E-state index in [2.05, 4.69) is 51.9 Å². The predicted octanol–water partition coefficient (Wildman–Crippen LogP) is 3.76. The third-order valence-electron chi connectivity index (χ3n) is 3.67. The third kappa shape index (κ3) is 2.75. The average molecular weight is 280 g/mol. The van der Waals surface area contributed by atoms with Crippen LogP contribution in [0.15, 0.2) is 42.9 Å². The fourth-order valence-corrected chi connectivity index (χ4v) is 2.59. The molecular weight excluding hydrogens is 260 g/mol. The molecule has 1 N–H and O–H groups in total. The van der Waals surface area contributed by atoms with Gasteiger partial charge < -0.3 is 9.88 Å². The van der Waals surface area contributed by atoms with Crippen LogP contribution in [0.3, 0.4) is 0 Å². The SMILES string of the molecule is CCCn1ccnc1CNc1ccc(C)c2ncccc12. The van der Waals surface area contributed by atoms with Gasteiger partial charge in [-0.05, 0) is 37.1 Å². The summed E-state index contributed by atoms with van der Waals surface area (Å²) in [5.41, 5.74) is 3.36. The van der Waals surface area contributed by atoms with Crippen molar-refractivity contribution in [3.8, 4) is 0 Å². The number of rotatable bonds is 5. The van der Waals surface area contributed by atoms with Crippen molar-refractivity contribution < 1.29 is 0 Å². The Balaban J connectivity index is 1.85. The van der Waals surface area contributed by atoms with E-state index in [1.165, 1.54) is 5.56 Å². The van der Waals surface area contributed by atoms with E-state index >= 15 is 0 Å². The second-order valence-corrected chi connectivity index (χ2v) is 5.22. The van der Waals surface area contributed by atoms with E-state index in [0.29, 0.717) is 0 Å². The molecule has 0 aliphatic rings. The molecule has 0 aliphatic carbocycles. The molecule has 0 saturated heterocycles. The maximum absolute atomic E-state index is 4.47. The van der Waals surface area contributed by atoms with Crippen molar-refractivity contribution in [3.05, 3.63) is 54.2 Å². The third-order valence-corrected chi connectivity index (χ3v) is 3.67. The molecule has 21 heavy (non-hydrogen) atoms. The van der Waals surface area contributed by atoms with Crippen molar-refractivity contribution in [1.82, 2.24) is 14.5 Å². The number of nitrogens with one attached hydrogen (secondary N) is 1. The van der Waals surface area contributed by atoms with Crippen molar-refractivity contribution in [2.24, 2.45) is 0 Å². The summed E-state index contributed by atoms with van der Waals surface area (Å²) >= 11 is 0. The molecule has 3 aromatic rings. The minimum Gasteiger partial charge on any atom is -0.377 e. The summed E-state index contributed by atoms with van der Waals surface area (Å²) in [5.74, 6) is 1.06. The van der Waals surface area contributed by atoms with Gasteiger partial charge in [-0.15, -0.1) is 0 Å². The van der Waals surface area contributed by atoms with E-state index in [0.717, 1.165) is 41.9 Å². The summed E-state index contributed by atoms with van der Waals surface area (Å²) in [5, 5.41) is 4.65. The summed E-state index contributed by atoms with van der Waals surface area (Å²) in [4.78, 5) is 8.90. The highest BCUT2D eigenvalue weighted by molar-refractivity contribution is 5.93. The zero-order valence-electron chi connectivity index (χ0n) is 12.5. The predicted molar refractivity (Wildman–Crippen MR) is 86.3 cm³/mol. The van der Waals surface area contributed by atoms with E-state index in [-0.39, 0.29) is 0 Å². The van der Waals surface area contributed by atoms with E-state index in [9.17, 15) is 0 Å². The minimum absolute atomic E-state index is 0.722. The van der Waals surface area contributed by atoms with Crippen molar-refractivity contribution in [2.75, 3.05) is 5.32 Å². The molecule has 0 bridgehead atoms. The van der Waals surface area contributed by atoms with Gasteiger partial charge in [0.05, 0.1) is 12.1 Å². The largest absolute Gasteiger partial charge is 0.377 e.